The molecule has 1 aromatic carbocycles. The highest BCUT2D eigenvalue weighted by atomic mass is 127. The molecule has 106 valence electrons. The van der Waals surface area contributed by atoms with Crippen LogP contribution in [-0.2, 0) is 6.54 Å². The van der Waals surface area contributed by atoms with Gasteiger partial charge in [0, 0.05) is 21.7 Å². The molecule has 0 fully saturated rings. The number of carbonyl (C=O) groups excluding carboxylic acids is 1. The van der Waals surface area contributed by atoms with E-state index in [0.29, 0.717) is 17.1 Å². The molecule has 1 amide bonds. The van der Waals surface area contributed by atoms with Gasteiger partial charge in [-0.2, -0.15) is 0 Å². The second-order valence-electron chi connectivity index (χ2n) is 4.59. The predicted molar refractivity (Wildman–Crippen MR) is 85.9 cm³/mol. The van der Waals surface area contributed by atoms with Crippen molar-refractivity contribution in [2.45, 2.75) is 20.4 Å². The molecule has 20 heavy (non-hydrogen) atoms. The first-order valence-electron chi connectivity index (χ1n) is 6.02. The Morgan fingerprint density at radius 3 is 2.70 bits per heavy atom. The minimum atomic E-state index is -0.0803. The molecular weight excluding hydrogens is 391 g/mol. The number of nitrogens with zero attached hydrogens (tertiary/aromatic N) is 2. The number of hydrogen-bond donors (Lipinski definition) is 0. The van der Waals surface area contributed by atoms with Gasteiger partial charge in [-0.3, -0.25) is 4.79 Å². The topological polar surface area (TPSA) is 46.3 Å². The lowest BCUT2D eigenvalue weighted by atomic mass is 10.1. The number of aryl methyl sites for hydroxylation is 2. The van der Waals surface area contributed by atoms with Crippen LogP contribution in [0.4, 0.5) is 0 Å². The fourth-order valence-electron chi connectivity index (χ4n) is 1.89. The first-order valence-corrected chi connectivity index (χ1v) is 7.48. The molecule has 0 aliphatic carbocycles. The number of hydrogen-bond acceptors (Lipinski definition) is 3. The maximum absolute atomic E-state index is 12.4. The zero-order valence-corrected chi connectivity index (χ0v) is 14.3. The monoisotopic (exact) mass is 404 g/mol. The third-order valence-corrected chi connectivity index (χ3v) is 4.66. The van der Waals surface area contributed by atoms with E-state index in [2.05, 4.69) is 27.7 Å². The zero-order chi connectivity index (χ0) is 14.9. The highest BCUT2D eigenvalue weighted by molar-refractivity contribution is 14.1. The molecule has 0 aliphatic heterocycles. The van der Waals surface area contributed by atoms with Crippen LogP contribution in [0.15, 0.2) is 22.7 Å². The summed E-state index contributed by atoms with van der Waals surface area (Å²) < 4.78 is 6.03. The fraction of sp³-hybridized carbons (Fsp3) is 0.286. The molecule has 2 rings (SSSR count). The molecule has 0 saturated carbocycles. The smallest absolute Gasteiger partial charge is 0.253 e. The van der Waals surface area contributed by atoms with Crippen LogP contribution in [0.3, 0.4) is 0 Å². The van der Waals surface area contributed by atoms with Gasteiger partial charge in [0.2, 0.25) is 0 Å². The molecule has 0 atom stereocenters. The van der Waals surface area contributed by atoms with Crippen LogP contribution >= 0.6 is 34.2 Å². The van der Waals surface area contributed by atoms with E-state index in [-0.39, 0.29) is 5.91 Å². The summed E-state index contributed by atoms with van der Waals surface area (Å²) in [5.41, 5.74) is 2.32. The van der Waals surface area contributed by atoms with Gasteiger partial charge in [-0.1, -0.05) is 16.8 Å². The van der Waals surface area contributed by atoms with Gasteiger partial charge in [-0.05, 0) is 54.6 Å². The fourth-order valence-corrected chi connectivity index (χ4v) is 2.40. The van der Waals surface area contributed by atoms with E-state index in [1.165, 1.54) is 0 Å². The van der Waals surface area contributed by atoms with E-state index in [9.17, 15) is 4.79 Å². The minimum absolute atomic E-state index is 0.0803. The van der Waals surface area contributed by atoms with Crippen molar-refractivity contribution < 1.29 is 9.32 Å². The number of carbonyl (C=O) groups is 1. The van der Waals surface area contributed by atoms with E-state index in [1.54, 1.807) is 24.1 Å². The molecule has 1 heterocycles. The lowest BCUT2D eigenvalue weighted by Crippen LogP contribution is -2.26. The van der Waals surface area contributed by atoms with Crippen molar-refractivity contribution in [1.29, 1.82) is 0 Å². The molecule has 0 unspecified atom stereocenters. The van der Waals surface area contributed by atoms with Gasteiger partial charge in [0.05, 0.1) is 17.3 Å². The number of aromatic nitrogens is 1. The minimum Gasteiger partial charge on any atom is -0.361 e. The first-order chi connectivity index (χ1) is 9.40. The predicted octanol–water partition coefficient (Wildman–Crippen LogP) is 3.82. The largest absolute Gasteiger partial charge is 0.361 e. The lowest BCUT2D eigenvalue weighted by Gasteiger charge is -2.17. The van der Waals surface area contributed by atoms with Gasteiger partial charge in [0.25, 0.3) is 5.91 Å². The van der Waals surface area contributed by atoms with Crippen LogP contribution in [0.2, 0.25) is 5.02 Å². The van der Waals surface area contributed by atoms with Gasteiger partial charge >= 0.3 is 0 Å². The normalized spacial score (nSPS) is 10.7. The second kappa shape index (κ2) is 6.13. The molecule has 0 aliphatic rings. The molecule has 1 aromatic heterocycles. The summed E-state index contributed by atoms with van der Waals surface area (Å²) in [4.78, 5) is 14.0. The van der Waals surface area contributed by atoms with Crippen molar-refractivity contribution in [2.75, 3.05) is 7.05 Å². The lowest BCUT2D eigenvalue weighted by molar-refractivity contribution is 0.0784. The Bertz CT molecular complexity index is 635. The van der Waals surface area contributed by atoms with Gasteiger partial charge in [-0.25, -0.2) is 0 Å². The Labute approximate surface area is 136 Å². The molecule has 0 N–H and O–H groups in total. The Hall–Kier alpha value is -1.08. The van der Waals surface area contributed by atoms with E-state index >= 15 is 0 Å². The van der Waals surface area contributed by atoms with Gasteiger partial charge in [-0.15, -0.1) is 0 Å². The molecule has 0 radical (unpaired) electrons. The van der Waals surface area contributed by atoms with Gasteiger partial charge < -0.3 is 9.42 Å². The van der Waals surface area contributed by atoms with Crippen molar-refractivity contribution in [2.24, 2.45) is 0 Å². The Balaban J connectivity index is 2.18. The Morgan fingerprint density at radius 2 is 2.15 bits per heavy atom. The average Bonchev–Trinajstić information content (AvgIpc) is 2.72. The summed E-state index contributed by atoms with van der Waals surface area (Å²) in [6.45, 7) is 4.17. The molecule has 2 aromatic rings. The quantitative estimate of drug-likeness (QED) is 0.731. The van der Waals surface area contributed by atoms with Crippen molar-refractivity contribution in [3.8, 4) is 0 Å². The molecule has 0 bridgehead atoms. The third kappa shape index (κ3) is 3.15. The summed E-state index contributed by atoms with van der Waals surface area (Å²) in [5, 5.41) is 4.48. The number of rotatable bonds is 3. The first kappa shape index (κ1) is 15.3. The SMILES string of the molecule is Cc1noc(C)c1CN(C)C(=O)c1ccc(I)c(Cl)c1. The summed E-state index contributed by atoms with van der Waals surface area (Å²) in [6.07, 6.45) is 0. The Morgan fingerprint density at radius 1 is 1.45 bits per heavy atom. The molecule has 0 saturated heterocycles. The third-order valence-electron chi connectivity index (χ3n) is 3.09. The van der Waals surface area contributed by atoms with E-state index in [4.69, 9.17) is 16.1 Å². The van der Waals surface area contributed by atoms with E-state index in [0.717, 1.165) is 20.6 Å². The number of benzene rings is 1. The Kier molecular flexibility index (Phi) is 4.70. The maximum Gasteiger partial charge on any atom is 0.253 e. The van der Waals surface area contributed by atoms with Crippen LogP contribution in [-0.4, -0.2) is 23.0 Å². The standard InChI is InChI=1S/C14H14ClIN2O2/c1-8-11(9(2)20-17-8)7-18(3)14(19)10-4-5-13(16)12(15)6-10/h4-6H,7H2,1-3H3. The second-order valence-corrected chi connectivity index (χ2v) is 6.16. The summed E-state index contributed by atoms with van der Waals surface area (Å²) in [5.74, 6) is 0.658. The van der Waals surface area contributed by atoms with Crippen LogP contribution in [0.1, 0.15) is 27.4 Å². The number of halogens is 2. The van der Waals surface area contributed by atoms with E-state index < -0.39 is 0 Å². The van der Waals surface area contributed by atoms with Crippen molar-refractivity contribution in [3.63, 3.8) is 0 Å². The van der Waals surface area contributed by atoms with Gasteiger partial charge in [0.15, 0.2) is 0 Å². The molecule has 4 nitrogen and oxygen atoms in total. The van der Waals surface area contributed by atoms with Crippen molar-refractivity contribution in [1.82, 2.24) is 10.1 Å². The van der Waals surface area contributed by atoms with Crippen LogP contribution < -0.4 is 0 Å². The zero-order valence-electron chi connectivity index (χ0n) is 11.4. The number of amides is 1. The summed E-state index contributed by atoms with van der Waals surface area (Å²) in [7, 11) is 1.75. The van der Waals surface area contributed by atoms with Crippen molar-refractivity contribution >= 4 is 40.1 Å². The molecular formula is C14H14ClIN2O2. The van der Waals surface area contributed by atoms with Crippen LogP contribution in [0, 0.1) is 17.4 Å². The highest BCUT2D eigenvalue weighted by Gasteiger charge is 2.17. The summed E-state index contributed by atoms with van der Waals surface area (Å²) >= 11 is 8.18. The van der Waals surface area contributed by atoms with Crippen LogP contribution in [0.25, 0.3) is 0 Å². The summed E-state index contributed by atoms with van der Waals surface area (Å²) in [6, 6.07) is 5.30. The average molecular weight is 405 g/mol. The van der Waals surface area contributed by atoms with E-state index in [1.807, 2.05) is 19.9 Å². The maximum atomic E-state index is 12.4. The molecule has 0 spiro atoms. The van der Waals surface area contributed by atoms with Crippen molar-refractivity contribution in [3.05, 3.63) is 49.4 Å². The highest BCUT2D eigenvalue weighted by Crippen LogP contribution is 2.21. The van der Waals surface area contributed by atoms with Crippen LogP contribution in [0.5, 0.6) is 0 Å². The van der Waals surface area contributed by atoms with Gasteiger partial charge in [0.1, 0.15) is 5.76 Å². The molecule has 6 heteroatoms.